The number of aliphatic hydroxyl groups excluding tert-OH is 1. The zero-order valence-corrected chi connectivity index (χ0v) is 19.0. The second-order valence-electron chi connectivity index (χ2n) is 7.80. The maximum absolute atomic E-state index is 13.9. The first-order chi connectivity index (χ1) is 17.5. The highest BCUT2D eigenvalue weighted by molar-refractivity contribution is 5.87. The number of rotatable bonds is 7. The van der Waals surface area contributed by atoms with Gasteiger partial charge >= 0.3 is 12.4 Å². The minimum atomic E-state index is -4.78. The first-order valence-electron chi connectivity index (χ1n) is 10.7. The van der Waals surface area contributed by atoms with E-state index in [2.05, 4.69) is 35.5 Å². The van der Waals surface area contributed by atoms with Crippen LogP contribution < -0.4 is 10.2 Å². The molecule has 37 heavy (non-hydrogen) atoms. The van der Waals surface area contributed by atoms with E-state index in [9.17, 15) is 26.3 Å². The third-order valence-corrected chi connectivity index (χ3v) is 5.17. The Bertz CT molecular complexity index is 1400. The molecule has 0 fully saturated rings. The Balaban J connectivity index is 1.68. The van der Waals surface area contributed by atoms with E-state index in [1.807, 2.05) is 0 Å². The number of anilines is 3. The summed E-state index contributed by atoms with van der Waals surface area (Å²) in [5, 5.41) is 19.4. The number of halogens is 6. The van der Waals surface area contributed by atoms with Gasteiger partial charge in [0.25, 0.3) is 0 Å². The van der Waals surface area contributed by atoms with E-state index in [4.69, 9.17) is 5.11 Å². The van der Waals surface area contributed by atoms with Gasteiger partial charge in [-0.3, -0.25) is 0 Å². The van der Waals surface area contributed by atoms with Gasteiger partial charge in [0.05, 0.1) is 23.0 Å². The minimum Gasteiger partial charge on any atom is -0.396 e. The Morgan fingerprint density at radius 2 is 1.73 bits per heavy atom. The lowest BCUT2D eigenvalue weighted by Gasteiger charge is -2.19. The fourth-order valence-electron chi connectivity index (χ4n) is 3.30. The predicted octanol–water partition coefficient (Wildman–Crippen LogP) is 4.48. The molecule has 0 aliphatic heterocycles. The van der Waals surface area contributed by atoms with Gasteiger partial charge in [0.15, 0.2) is 11.5 Å². The molecule has 2 N–H and O–H groups in total. The van der Waals surface area contributed by atoms with Crippen LogP contribution in [0.3, 0.4) is 0 Å². The SMILES string of the molecule is CN(CCCO)c1cc(C(F)(F)F)c(-c2cnc3c(Nc4ccc(C(F)(F)F)cn4)ccnc3n2)nn1. The molecule has 4 aromatic heterocycles. The molecular weight excluding hydrogens is 506 g/mol. The van der Waals surface area contributed by atoms with Crippen molar-refractivity contribution in [2.45, 2.75) is 18.8 Å². The van der Waals surface area contributed by atoms with Crippen LogP contribution in [0.2, 0.25) is 0 Å². The van der Waals surface area contributed by atoms with Gasteiger partial charge < -0.3 is 15.3 Å². The zero-order valence-electron chi connectivity index (χ0n) is 19.0. The smallest absolute Gasteiger partial charge is 0.396 e. The Morgan fingerprint density at radius 3 is 2.38 bits per heavy atom. The number of pyridine rings is 2. The standard InChI is InChI=1S/C22H18F6N8O/c1-36(7-2-8-37)17-9-13(22(26,27)28)18(35-34-17)15-11-31-19-14(5-6-29-20(19)33-15)32-16-4-3-12(10-30-16)21(23,24)25/h3-6,9-11,37H,2,7-8H2,1H3,(H,29,30,32,33). The molecule has 0 amide bonds. The summed E-state index contributed by atoms with van der Waals surface area (Å²) in [5.41, 5.74) is -2.39. The molecule has 0 bridgehead atoms. The van der Waals surface area contributed by atoms with Crippen LogP contribution in [0.15, 0.2) is 42.9 Å². The molecule has 0 unspecified atom stereocenters. The van der Waals surface area contributed by atoms with Crippen LogP contribution in [0.1, 0.15) is 17.5 Å². The molecule has 4 rings (SSSR count). The Labute approximate surface area is 205 Å². The fraction of sp³-hybridized carbons (Fsp3) is 0.273. The van der Waals surface area contributed by atoms with Crippen LogP contribution >= 0.6 is 0 Å². The topological polar surface area (TPSA) is 113 Å². The van der Waals surface area contributed by atoms with E-state index in [-0.39, 0.29) is 47.3 Å². The lowest BCUT2D eigenvalue weighted by Crippen LogP contribution is -2.22. The molecule has 0 aliphatic carbocycles. The van der Waals surface area contributed by atoms with Gasteiger partial charge in [0, 0.05) is 32.6 Å². The highest BCUT2D eigenvalue weighted by Crippen LogP contribution is 2.37. The van der Waals surface area contributed by atoms with Crippen molar-refractivity contribution in [2.75, 3.05) is 30.4 Å². The van der Waals surface area contributed by atoms with Crippen LogP contribution in [0, 0.1) is 0 Å². The normalized spacial score (nSPS) is 12.1. The molecule has 0 spiro atoms. The molecule has 0 saturated heterocycles. The fourth-order valence-corrected chi connectivity index (χ4v) is 3.30. The van der Waals surface area contributed by atoms with E-state index < -0.39 is 29.2 Å². The van der Waals surface area contributed by atoms with Crippen molar-refractivity contribution in [3.8, 4) is 11.4 Å². The summed E-state index contributed by atoms with van der Waals surface area (Å²) in [6, 6.07) is 4.28. The number of alkyl halides is 6. The largest absolute Gasteiger partial charge is 0.418 e. The van der Waals surface area contributed by atoms with Crippen LogP contribution in [0.4, 0.5) is 43.7 Å². The number of hydrogen-bond donors (Lipinski definition) is 2. The van der Waals surface area contributed by atoms with Gasteiger partial charge in [-0.25, -0.2) is 19.9 Å². The highest BCUT2D eigenvalue weighted by atomic mass is 19.4. The Kier molecular flexibility index (Phi) is 7.07. The second-order valence-corrected chi connectivity index (χ2v) is 7.80. The molecule has 0 atom stereocenters. The molecule has 15 heteroatoms. The van der Waals surface area contributed by atoms with Crippen LogP contribution in [0.25, 0.3) is 22.6 Å². The highest BCUT2D eigenvalue weighted by Gasteiger charge is 2.36. The third-order valence-electron chi connectivity index (χ3n) is 5.17. The van der Waals surface area contributed by atoms with Gasteiger partial charge in [-0.05, 0) is 30.7 Å². The summed E-state index contributed by atoms with van der Waals surface area (Å²) in [6.45, 7) is 0.137. The molecular formula is C22H18F6N8O. The summed E-state index contributed by atoms with van der Waals surface area (Å²) in [5.74, 6) is 0.0458. The third kappa shape index (κ3) is 5.82. The van der Waals surface area contributed by atoms with Crippen molar-refractivity contribution in [1.29, 1.82) is 0 Å². The van der Waals surface area contributed by atoms with Crippen molar-refractivity contribution >= 4 is 28.5 Å². The van der Waals surface area contributed by atoms with E-state index in [1.54, 1.807) is 0 Å². The molecule has 0 aliphatic rings. The maximum Gasteiger partial charge on any atom is 0.418 e. The zero-order chi connectivity index (χ0) is 26.8. The molecule has 0 aromatic carbocycles. The molecule has 4 aromatic rings. The van der Waals surface area contributed by atoms with Gasteiger partial charge in [0.1, 0.15) is 22.7 Å². The van der Waals surface area contributed by atoms with Gasteiger partial charge in [-0.1, -0.05) is 0 Å². The van der Waals surface area contributed by atoms with Gasteiger partial charge in [-0.15, -0.1) is 10.2 Å². The van der Waals surface area contributed by atoms with E-state index >= 15 is 0 Å². The van der Waals surface area contributed by atoms with Crippen LogP contribution in [-0.2, 0) is 12.4 Å². The summed E-state index contributed by atoms with van der Waals surface area (Å²) < 4.78 is 79.9. The average molecular weight is 524 g/mol. The predicted molar refractivity (Wildman–Crippen MR) is 121 cm³/mol. The van der Waals surface area contributed by atoms with Crippen molar-refractivity contribution in [3.63, 3.8) is 0 Å². The molecule has 0 saturated carbocycles. The number of nitrogens with one attached hydrogen (secondary N) is 1. The number of fused-ring (bicyclic) bond motifs is 1. The van der Waals surface area contributed by atoms with Crippen molar-refractivity contribution in [2.24, 2.45) is 0 Å². The van der Waals surface area contributed by atoms with Gasteiger partial charge in [0.2, 0.25) is 0 Å². The number of aliphatic hydroxyl groups is 1. The van der Waals surface area contributed by atoms with Gasteiger partial charge in [-0.2, -0.15) is 26.3 Å². The van der Waals surface area contributed by atoms with E-state index in [0.29, 0.717) is 12.6 Å². The quantitative estimate of drug-likeness (QED) is 0.338. The summed E-state index contributed by atoms with van der Waals surface area (Å²) in [6.07, 6.45) is -5.94. The lowest BCUT2D eigenvalue weighted by molar-refractivity contribution is -0.138. The Hall–Kier alpha value is -4.14. The molecule has 194 valence electrons. The molecule has 0 radical (unpaired) electrons. The second kappa shape index (κ2) is 10.1. The first-order valence-corrected chi connectivity index (χ1v) is 10.7. The minimum absolute atomic E-state index is 0.0338. The monoisotopic (exact) mass is 524 g/mol. The van der Waals surface area contributed by atoms with Crippen LogP contribution in [-0.4, -0.2) is 55.4 Å². The van der Waals surface area contributed by atoms with Crippen molar-refractivity contribution < 1.29 is 31.4 Å². The molecule has 9 nitrogen and oxygen atoms in total. The first kappa shape index (κ1) is 25.9. The van der Waals surface area contributed by atoms with Crippen LogP contribution in [0.5, 0.6) is 0 Å². The van der Waals surface area contributed by atoms with E-state index in [1.165, 1.54) is 24.2 Å². The average Bonchev–Trinajstić information content (AvgIpc) is 2.86. The lowest BCUT2D eigenvalue weighted by atomic mass is 10.1. The number of hydrogen-bond acceptors (Lipinski definition) is 9. The summed E-state index contributed by atoms with van der Waals surface area (Å²) >= 11 is 0. The Morgan fingerprint density at radius 1 is 0.946 bits per heavy atom. The maximum atomic E-state index is 13.9. The van der Waals surface area contributed by atoms with Crippen molar-refractivity contribution in [1.82, 2.24) is 30.1 Å². The number of aromatic nitrogens is 6. The van der Waals surface area contributed by atoms with E-state index in [0.717, 1.165) is 24.4 Å². The molecule has 4 heterocycles. The number of nitrogens with zero attached hydrogens (tertiary/aromatic N) is 7. The summed E-state index contributed by atoms with van der Waals surface area (Å²) in [4.78, 5) is 17.5. The van der Waals surface area contributed by atoms with Crippen molar-refractivity contribution in [3.05, 3.63) is 54.0 Å². The summed E-state index contributed by atoms with van der Waals surface area (Å²) in [7, 11) is 1.53.